The molecule has 5 rings (SSSR count). The summed E-state index contributed by atoms with van der Waals surface area (Å²) >= 11 is 1.14. The Balaban J connectivity index is 1.65. The Morgan fingerprint density at radius 1 is 1.00 bits per heavy atom. The summed E-state index contributed by atoms with van der Waals surface area (Å²) in [5.41, 5.74) is 1.14. The van der Waals surface area contributed by atoms with Crippen LogP contribution in [0.3, 0.4) is 0 Å². The van der Waals surface area contributed by atoms with Crippen molar-refractivity contribution in [2.24, 2.45) is 0 Å². The highest BCUT2D eigenvalue weighted by Gasteiger charge is 2.46. The van der Waals surface area contributed by atoms with Gasteiger partial charge >= 0.3 is 0 Å². The van der Waals surface area contributed by atoms with Crippen LogP contribution < -0.4 is 4.90 Å². The van der Waals surface area contributed by atoms with Gasteiger partial charge in [-0.2, -0.15) is 0 Å². The van der Waals surface area contributed by atoms with Gasteiger partial charge in [0.25, 0.3) is 5.91 Å². The molecule has 1 amide bonds. The van der Waals surface area contributed by atoms with Crippen LogP contribution in [0, 0.1) is 18.6 Å². The first-order valence-electron chi connectivity index (χ1n) is 10.7. The van der Waals surface area contributed by atoms with Crippen LogP contribution in [0.15, 0.2) is 90.2 Å². The van der Waals surface area contributed by atoms with Gasteiger partial charge in [0.1, 0.15) is 16.6 Å². The highest BCUT2D eigenvalue weighted by atomic mass is 32.1. The van der Waals surface area contributed by atoms with E-state index in [4.69, 9.17) is 0 Å². The summed E-state index contributed by atoms with van der Waals surface area (Å²) in [6, 6.07) is 19.3. The fraction of sp³-hybridized carbons (Fsp3) is 0.0741. The van der Waals surface area contributed by atoms with Gasteiger partial charge in [-0.1, -0.05) is 60.7 Å². The van der Waals surface area contributed by atoms with E-state index in [1.165, 1.54) is 0 Å². The van der Waals surface area contributed by atoms with Gasteiger partial charge in [0.2, 0.25) is 5.78 Å². The molecule has 0 radical (unpaired) electrons. The molecule has 4 aromatic rings. The second-order valence-electron chi connectivity index (χ2n) is 7.98. The van der Waals surface area contributed by atoms with Crippen LogP contribution >= 0.6 is 11.3 Å². The molecule has 174 valence electrons. The summed E-state index contributed by atoms with van der Waals surface area (Å²) in [4.78, 5) is 32.6. The van der Waals surface area contributed by atoms with Crippen molar-refractivity contribution < 1.29 is 23.5 Å². The lowest BCUT2D eigenvalue weighted by Gasteiger charge is -2.27. The number of aliphatic hydroxyl groups is 1. The molecule has 0 aliphatic carbocycles. The zero-order valence-electron chi connectivity index (χ0n) is 18.4. The van der Waals surface area contributed by atoms with Crippen LogP contribution in [0.2, 0.25) is 0 Å². The van der Waals surface area contributed by atoms with E-state index in [1.54, 1.807) is 37.3 Å². The lowest BCUT2D eigenvalue weighted by molar-refractivity contribution is -0.117. The van der Waals surface area contributed by atoms with Crippen molar-refractivity contribution in [3.05, 3.63) is 118 Å². The van der Waals surface area contributed by atoms with Gasteiger partial charge in [-0.3, -0.25) is 14.5 Å². The van der Waals surface area contributed by atoms with Gasteiger partial charge in [0.05, 0.1) is 27.9 Å². The molecule has 1 aliphatic rings. The van der Waals surface area contributed by atoms with Crippen LogP contribution in [-0.2, 0) is 4.79 Å². The van der Waals surface area contributed by atoms with Gasteiger partial charge in [0.15, 0.2) is 5.76 Å². The summed E-state index contributed by atoms with van der Waals surface area (Å²) in [5, 5.41) is 11.5. The average molecular weight is 489 g/mol. The maximum Gasteiger partial charge on any atom is 0.294 e. The van der Waals surface area contributed by atoms with Crippen molar-refractivity contribution in [3.63, 3.8) is 0 Å². The molecule has 0 fully saturated rings. The largest absolute Gasteiger partial charge is 0.503 e. The number of Topliss-reactive ketones (excluding diaryl/α,β-unsaturated/α-hetero) is 1. The molecule has 0 spiro atoms. The van der Waals surface area contributed by atoms with E-state index in [1.807, 2.05) is 30.3 Å². The van der Waals surface area contributed by atoms with Crippen molar-refractivity contribution >= 4 is 28.7 Å². The number of aryl methyl sites for hydroxylation is 1. The average Bonchev–Trinajstić information content (AvgIpc) is 3.39. The normalized spacial score (nSPS) is 15.7. The number of benzene rings is 3. The van der Waals surface area contributed by atoms with Gasteiger partial charge < -0.3 is 5.11 Å². The molecule has 1 N–H and O–H groups in total. The zero-order valence-corrected chi connectivity index (χ0v) is 19.2. The quantitative estimate of drug-likeness (QED) is 0.341. The molecule has 0 saturated carbocycles. The second-order valence-corrected chi connectivity index (χ2v) is 8.97. The van der Waals surface area contributed by atoms with E-state index in [-0.39, 0.29) is 16.1 Å². The summed E-state index contributed by atoms with van der Waals surface area (Å²) in [6.07, 6.45) is 0. The summed E-state index contributed by atoms with van der Waals surface area (Å²) < 4.78 is 28.8. The lowest BCUT2D eigenvalue weighted by Crippen LogP contribution is -2.32. The third kappa shape index (κ3) is 3.91. The first-order valence-corrected chi connectivity index (χ1v) is 11.5. The van der Waals surface area contributed by atoms with Gasteiger partial charge in [-0.05, 0) is 24.6 Å². The number of carbonyl (C=O) groups excluding carboxylic acids is 2. The third-order valence-corrected chi connectivity index (χ3v) is 6.96. The molecule has 0 saturated heterocycles. The molecule has 1 aromatic heterocycles. The van der Waals surface area contributed by atoms with E-state index in [0.29, 0.717) is 16.3 Å². The number of aromatic nitrogens is 1. The predicted molar refractivity (Wildman–Crippen MR) is 129 cm³/mol. The molecule has 3 aromatic carbocycles. The molecular formula is C27H18F2N2O3S. The number of thiazole rings is 1. The standard InChI is InChI=1S/C27H18F2N2O3S/c1-15-25(35-26(30-15)17-10-6-3-7-11-17)23(32)21-22(16-8-4-2-5-9-16)31(27(34)24(21)33)20-14-18(28)12-13-19(20)29/h2-14,22,33H,1H3. The minimum atomic E-state index is -1.16. The van der Waals surface area contributed by atoms with E-state index >= 15 is 0 Å². The van der Waals surface area contributed by atoms with Crippen molar-refractivity contribution in [1.29, 1.82) is 0 Å². The Morgan fingerprint density at radius 2 is 1.66 bits per heavy atom. The van der Waals surface area contributed by atoms with E-state index < -0.39 is 35.1 Å². The van der Waals surface area contributed by atoms with Crippen LogP contribution in [0.5, 0.6) is 0 Å². The van der Waals surface area contributed by atoms with Crippen LogP contribution in [0.1, 0.15) is 27.0 Å². The monoisotopic (exact) mass is 488 g/mol. The molecule has 2 heterocycles. The maximum absolute atomic E-state index is 14.8. The summed E-state index contributed by atoms with van der Waals surface area (Å²) in [7, 11) is 0. The third-order valence-electron chi connectivity index (χ3n) is 5.76. The molecule has 1 aliphatic heterocycles. The Bertz CT molecular complexity index is 1480. The number of nitrogens with zero attached hydrogens (tertiary/aromatic N) is 2. The summed E-state index contributed by atoms with van der Waals surface area (Å²) in [6.45, 7) is 1.67. The number of aliphatic hydroxyl groups excluding tert-OH is 1. The second kappa shape index (κ2) is 8.88. The van der Waals surface area contributed by atoms with Crippen molar-refractivity contribution in [2.75, 3.05) is 4.90 Å². The Labute approximate surface area is 203 Å². The zero-order chi connectivity index (χ0) is 24.7. The molecular weight excluding hydrogens is 470 g/mol. The SMILES string of the molecule is Cc1nc(-c2ccccc2)sc1C(=O)C1=C(O)C(=O)N(c2cc(F)ccc2F)C1c1ccccc1. The number of anilines is 1. The highest BCUT2D eigenvalue weighted by Crippen LogP contribution is 2.44. The van der Waals surface area contributed by atoms with Gasteiger partial charge in [-0.15, -0.1) is 11.3 Å². The van der Waals surface area contributed by atoms with Gasteiger partial charge in [0, 0.05) is 11.6 Å². The smallest absolute Gasteiger partial charge is 0.294 e. The minimum Gasteiger partial charge on any atom is -0.503 e. The van der Waals surface area contributed by atoms with E-state index in [9.17, 15) is 23.5 Å². The van der Waals surface area contributed by atoms with E-state index in [2.05, 4.69) is 4.98 Å². The molecule has 8 heteroatoms. The molecule has 1 atom stereocenters. The van der Waals surface area contributed by atoms with Gasteiger partial charge in [-0.25, -0.2) is 13.8 Å². The Hall–Kier alpha value is -4.17. The number of carbonyl (C=O) groups is 2. The van der Waals surface area contributed by atoms with Crippen LogP contribution in [0.25, 0.3) is 10.6 Å². The summed E-state index contributed by atoms with van der Waals surface area (Å²) in [5.74, 6) is -4.01. The fourth-order valence-corrected chi connectivity index (χ4v) is 5.17. The first-order chi connectivity index (χ1) is 16.9. The van der Waals surface area contributed by atoms with Crippen LogP contribution in [0.4, 0.5) is 14.5 Å². The number of amides is 1. The van der Waals surface area contributed by atoms with Crippen molar-refractivity contribution in [2.45, 2.75) is 13.0 Å². The molecule has 35 heavy (non-hydrogen) atoms. The minimum absolute atomic E-state index is 0.212. The van der Waals surface area contributed by atoms with Crippen molar-refractivity contribution in [3.8, 4) is 10.6 Å². The number of ketones is 1. The number of hydrogen-bond acceptors (Lipinski definition) is 5. The predicted octanol–water partition coefficient (Wildman–Crippen LogP) is 6.18. The molecule has 1 unspecified atom stereocenters. The molecule has 5 nitrogen and oxygen atoms in total. The topological polar surface area (TPSA) is 70.5 Å². The Morgan fingerprint density at radius 3 is 2.34 bits per heavy atom. The first kappa shape index (κ1) is 22.6. The number of rotatable bonds is 5. The maximum atomic E-state index is 14.8. The van der Waals surface area contributed by atoms with Crippen molar-refractivity contribution in [1.82, 2.24) is 4.98 Å². The Kier molecular flexibility index (Phi) is 5.74. The number of halogens is 2. The van der Waals surface area contributed by atoms with E-state index in [0.717, 1.165) is 40.0 Å². The molecule has 0 bridgehead atoms. The van der Waals surface area contributed by atoms with Crippen LogP contribution in [-0.4, -0.2) is 21.8 Å². The number of hydrogen-bond donors (Lipinski definition) is 1. The highest BCUT2D eigenvalue weighted by molar-refractivity contribution is 7.17. The fourth-order valence-electron chi connectivity index (χ4n) is 4.14. The lowest BCUT2D eigenvalue weighted by atomic mass is 9.95.